The Balaban J connectivity index is 2.35. The Labute approximate surface area is 95.4 Å². The number of amides is 1. The third kappa shape index (κ3) is 3.81. The van der Waals surface area contributed by atoms with E-state index in [1.807, 2.05) is 0 Å². The van der Waals surface area contributed by atoms with Crippen LogP contribution in [0.2, 0.25) is 0 Å². The van der Waals surface area contributed by atoms with E-state index < -0.39 is 5.97 Å². The van der Waals surface area contributed by atoms with Crippen LogP contribution in [0.1, 0.15) is 32.1 Å². The lowest BCUT2D eigenvalue weighted by atomic mass is 9.79. The van der Waals surface area contributed by atoms with Crippen molar-refractivity contribution in [3.8, 4) is 0 Å². The van der Waals surface area contributed by atoms with Crippen molar-refractivity contribution in [1.29, 1.82) is 0 Å². The number of carboxylic acid groups (broad SMARTS) is 1. The van der Waals surface area contributed by atoms with Crippen molar-refractivity contribution in [1.82, 2.24) is 5.32 Å². The summed E-state index contributed by atoms with van der Waals surface area (Å²) in [6.07, 6.45) is 4.06. The van der Waals surface area contributed by atoms with E-state index in [4.69, 9.17) is 10.8 Å². The molecular weight excluding hydrogens is 208 g/mol. The minimum absolute atomic E-state index is 0.0208. The molecule has 1 fully saturated rings. The fourth-order valence-corrected chi connectivity index (χ4v) is 2.26. The van der Waals surface area contributed by atoms with Gasteiger partial charge in [-0.2, -0.15) is 0 Å². The van der Waals surface area contributed by atoms with Crippen LogP contribution in [0.4, 0.5) is 0 Å². The first-order valence-corrected chi connectivity index (χ1v) is 5.84. The molecule has 0 saturated heterocycles. The van der Waals surface area contributed by atoms with Gasteiger partial charge in [0.25, 0.3) is 0 Å². The first kappa shape index (κ1) is 13.0. The monoisotopic (exact) mass is 228 g/mol. The molecular formula is C11H20N2O3. The van der Waals surface area contributed by atoms with Crippen LogP contribution < -0.4 is 11.1 Å². The quantitative estimate of drug-likeness (QED) is 0.632. The summed E-state index contributed by atoms with van der Waals surface area (Å²) in [6.45, 7) is 0.749. The number of hydrogen-bond donors (Lipinski definition) is 3. The lowest BCUT2D eigenvalue weighted by Gasteiger charge is -2.29. The maximum absolute atomic E-state index is 11.8. The number of carbonyl (C=O) groups excluding carboxylic acids is 1. The zero-order valence-corrected chi connectivity index (χ0v) is 9.45. The van der Waals surface area contributed by atoms with Gasteiger partial charge in [0.1, 0.15) is 0 Å². The van der Waals surface area contributed by atoms with Crippen LogP contribution >= 0.6 is 0 Å². The zero-order chi connectivity index (χ0) is 12.0. The minimum Gasteiger partial charge on any atom is -0.481 e. The largest absolute Gasteiger partial charge is 0.481 e. The van der Waals surface area contributed by atoms with Crippen molar-refractivity contribution in [2.24, 2.45) is 17.6 Å². The first-order chi connectivity index (χ1) is 7.65. The minimum atomic E-state index is -0.890. The lowest BCUT2D eigenvalue weighted by molar-refractivity contribution is -0.137. The molecule has 16 heavy (non-hydrogen) atoms. The van der Waals surface area contributed by atoms with Gasteiger partial charge in [-0.3, -0.25) is 9.59 Å². The van der Waals surface area contributed by atoms with Crippen LogP contribution in [0.25, 0.3) is 0 Å². The first-order valence-electron chi connectivity index (χ1n) is 5.84. The summed E-state index contributed by atoms with van der Waals surface area (Å²) < 4.78 is 0. The second-order valence-electron chi connectivity index (χ2n) is 4.32. The van der Waals surface area contributed by atoms with Crippen LogP contribution in [0.3, 0.4) is 0 Å². The van der Waals surface area contributed by atoms with Crippen molar-refractivity contribution >= 4 is 11.9 Å². The summed E-state index contributed by atoms with van der Waals surface area (Å²) >= 11 is 0. The highest BCUT2D eigenvalue weighted by Crippen LogP contribution is 2.29. The molecule has 1 aliphatic rings. The second-order valence-corrected chi connectivity index (χ2v) is 4.32. The van der Waals surface area contributed by atoms with Gasteiger partial charge in [-0.1, -0.05) is 12.8 Å². The highest BCUT2D eigenvalue weighted by Gasteiger charge is 2.29. The molecule has 0 aromatic rings. The van der Waals surface area contributed by atoms with Crippen LogP contribution in [0.15, 0.2) is 0 Å². The highest BCUT2D eigenvalue weighted by atomic mass is 16.4. The molecule has 4 N–H and O–H groups in total. The Bertz CT molecular complexity index is 256. The fourth-order valence-electron chi connectivity index (χ4n) is 2.26. The standard InChI is InChI=1S/C11H20N2O3/c12-7-8-3-1-2-4-9(8)11(16)13-6-5-10(14)15/h8-9H,1-7,12H2,(H,13,16)(H,14,15). The molecule has 1 rings (SSSR count). The maximum atomic E-state index is 11.8. The predicted octanol–water partition coefficient (Wildman–Crippen LogP) is 0.342. The van der Waals surface area contributed by atoms with Gasteiger partial charge in [-0.05, 0) is 25.3 Å². The van der Waals surface area contributed by atoms with Crippen LogP contribution in [0, 0.1) is 11.8 Å². The smallest absolute Gasteiger partial charge is 0.305 e. The number of nitrogens with two attached hydrogens (primary N) is 1. The molecule has 0 radical (unpaired) electrons. The van der Waals surface area contributed by atoms with Gasteiger partial charge in [0.05, 0.1) is 6.42 Å². The Hall–Kier alpha value is -1.10. The van der Waals surface area contributed by atoms with Crippen molar-refractivity contribution < 1.29 is 14.7 Å². The average Bonchev–Trinajstić information content (AvgIpc) is 2.28. The molecule has 0 spiro atoms. The van der Waals surface area contributed by atoms with E-state index in [0.29, 0.717) is 6.54 Å². The van der Waals surface area contributed by atoms with Gasteiger partial charge in [-0.25, -0.2) is 0 Å². The molecule has 5 nitrogen and oxygen atoms in total. The van der Waals surface area contributed by atoms with Crippen molar-refractivity contribution in [3.63, 3.8) is 0 Å². The fraction of sp³-hybridized carbons (Fsp3) is 0.818. The Morgan fingerprint density at radius 3 is 2.62 bits per heavy atom. The van der Waals surface area contributed by atoms with E-state index in [0.717, 1.165) is 25.7 Å². The number of rotatable bonds is 5. The molecule has 92 valence electrons. The van der Waals surface area contributed by atoms with Gasteiger partial charge in [0, 0.05) is 12.5 Å². The van der Waals surface area contributed by atoms with Gasteiger partial charge in [-0.15, -0.1) is 0 Å². The SMILES string of the molecule is NCC1CCCCC1C(=O)NCCC(=O)O. The summed E-state index contributed by atoms with van der Waals surface area (Å²) in [7, 11) is 0. The topological polar surface area (TPSA) is 92.4 Å². The maximum Gasteiger partial charge on any atom is 0.305 e. The van der Waals surface area contributed by atoms with Gasteiger partial charge in [0.2, 0.25) is 5.91 Å². The van der Waals surface area contributed by atoms with Crippen molar-refractivity contribution in [2.45, 2.75) is 32.1 Å². The molecule has 1 saturated carbocycles. The number of hydrogen-bond acceptors (Lipinski definition) is 3. The molecule has 2 atom stereocenters. The molecule has 0 aromatic heterocycles. The summed E-state index contributed by atoms with van der Waals surface area (Å²) in [5.41, 5.74) is 5.63. The van der Waals surface area contributed by atoms with Crippen molar-refractivity contribution in [2.75, 3.05) is 13.1 Å². The van der Waals surface area contributed by atoms with E-state index in [1.165, 1.54) is 0 Å². The Kier molecular flexibility index (Phi) is 5.25. The summed E-state index contributed by atoms with van der Waals surface area (Å²) in [4.78, 5) is 22.1. The highest BCUT2D eigenvalue weighted by molar-refractivity contribution is 5.79. The van der Waals surface area contributed by atoms with E-state index in [2.05, 4.69) is 5.32 Å². The van der Waals surface area contributed by atoms with Gasteiger partial charge >= 0.3 is 5.97 Å². The van der Waals surface area contributed by atoms with Crippen molar-refractivity contribution in [3.05, 3.63) is 0 Å². The third-order valence-electron chi connectivity index (χ3n) is 3.19. The molecule has 1 aliphatic carbocycles. The Morgan fingerprint density at radius 2 is 2.00 bits per heavy atom. The van der Waals surface area contributed by atoms with E-state index in [1.54, 1.807) is 0 Å². The lowest BCUT2D eigenvalue weighted by Crippen LogP contribution is -2.40. The third-order valence-corrected chi connectivity index (χ3v) is 3.19. The molecule has 1 amide bonds. The number of carboxylic acids is 1. The molecule has 0 bridgehead atoms. The normalized spacial score (nSPS) is 25.1. The predicted molar refractivity (Wildman–Crippen MR) is 59.8 cm³/mol. The second kappa shape index (κ2) is 6.48. The van der Waals surface area contributed by atoms with E-state index >= 15 is 0 Å². The van der Waals surface area contributed by atoms with Gasteiger partial charge < -0.3 is 16.2 Å². The van der Waals surface area contributed by atoms with E-state index in [9.17, 15) is 9.59 Å². The molecule has 2 unspecified atom stereocenters. The Morgan fingerprint density at radius 1 is 1.31 bits per heavy atom. The molecule has 5 heteroatoms. The van der Waals surface area contributed by atoms with E-state index in [-0.39, 0.29) is 30.7 Å². The number of nitrogens with one attached hydrogen (secondary N) is 1. The molecule has 0 aliphatic heterocycles. The van der Waals surface area contributed by atoms with Crippen LogP contribution in [-0.4, -0.2) is 30.1 Å². The summed E-state index contributed by atoms with van der Waals surface area (Å²) in [5.74, 6) is -0.679. The number of carbonyl (C=O) groups is 2. The van der Waals surface area contributed by atoms with Crippen LogP contribution in [-0.2, 0) is 9.59 Å². The van der Waals surface area contributed by atoms with Crippen LogP contribution in [0.5, 0.6) is 0 Å². The van der Waals surface area contributed by atoms with Gasteiger partial charge in [0.15, 0.2) is 0 Å². The summed E-state index contributed by atoms with van der Waals surface area (Å²) in [5, 5.41) is 11.1. The average molecular weight is 228 g/mol. The number of aliphatic carboxylic acids is 1. The molecule has 0 aromatic carbocycles. The summed E-state index contributed by atoms with van der Waals surface area (Å²) in [6, 6.07) is 0. The zero-order valence-electron chi connectivity index (χ0n) is 9.45. The molecule has 0 heterocycles.